The maximum atomic E-state index is 13.2. The first kappa shape index (κ1) is 20.7. The second-order valence-electron chi connectivity index (χ2n) is 7.82. The van der Waals surface area contributed by atoms with E-state index in [0.717, 1.165) is 11.1 Å². The molecule has 4 rings (SSSR count). The van der Waals surface area contributed by atoms with Crippen LogP contribution in [0.25, 0.3) is 0 Å². The van der Waals surface area contributed by atoms with Crippen molar-refractivity contribution in [2.24, 2.45) is 4.99 Å². The second kappa shape index (κ2) is 8.68. The Bertz CT molecular complexity index is 989. The van der Waals surface area contributed by atoms with E-state index in [1.165, 1.54) is 18.3 Å². The highest BCUT2D eigenvalue weighted by Crippen LogP contribution is 2.34. The number of aliphatic imine (C=N–C) groups is 1. The number of halogens is 2. The molecule has 1 aliphatic heterocycles. The summed E-state index contributed by atoms with van der Waals surface area (Å²) in [5, 5.41) is 11.2. The number of hydrogen-bond donors (Lipinski definition) is 3. The van der Waals surface area contributed by atoms with Crippen LogP contribution < -0.4 is 10.9 Å². The molecule has 0 radical (unpaired) electrons. The van der Waals surface area contributed by atoms with Gasteiger partial charge < -0.3 is 5.11 Å². The molecule has 0 amide bonds. The van der Waals surface area contributed by atoms with Gasteiger partial charge in [-0.05, 0) is 48.2 Å². The van der Waals surface area contributed by atoms with Gasteiger partial charge in [0.25, 0.3) is 0 Å². The Morgan fingerprint density at radius 3 is 2.40 bits per heavy atom. The number of aliphatic hydroxyl groups excluding tert-OH is 1. The quantitative estimate of drug-likeness (QED) is 0.632. The van der Waals surface area contributed by atoms with Gasteiger partial charge in [-0.25, -0.2) is 9.82 Å². The largest absolute Gasteiger partial charge is 0.511 e. The van der Waals surface area contributed by atoms with E-state index in [9.17, 15) is 14.3 Å². The van der Waals surface area contributed by atoms with E-state index in [4.69, 9.17) is 11.6 Å². The van der Waals surface area contributed by atoms with Crippen LogP contribution in [0.2, 0.25) is 5.02 Å². The number of nitrogens with one attached hydrogen (secondary N) is 2. The van der Waals surface area contributed by atoms with Crippen molar-refractivity contribution in [3.05, 3.63) is 81.8 Å². The van der Waals surface area contributed by atoms with Crippen LogP contribution in [0.3, 0.4) is 0 Å². The zero-order valence-electron chi connectivity index (χ0n) is 16.5. The third-order valence-corrected chi connectivity index (χ3v) is 6.03. The molecule has 2 aromatic rings. The van der Waals surface area contributed by atoms with Crippen molar-refractivity contribution < 1.29 is 14.3 Å². The van der Waals surface area contributed by atoms with E-state index in [0.29, 0.717) is 11.4 Å². The van der Waals surface area contributed by atoms with Crippen molar-refractivity contribution in [2.45, 2.75) is 43.8 Å². The number of ketones is 1. The van der Waals surface area contributed by atoms with Crippen LogP contribution in [0.1, 0.15) is 42.7 Å². The average Bonchev–Trinajstić information content (AvgIpc) is 3.09. The molecule has 1 fully saturated rings. The molecule has 4 atom stereocenters. The lowest BCUT2D eigenvalue weighted by Gasteiger charge is -2.23. The number of rotatable bonds is 4. The number of aliphatic hydroxyl groups is 1. The molecule has 2 aromatic carbocycles. The first-order valence-corrected chi connectivity index (χ1v) is 10.3. The molecular formula is C23H23ClFN3O2. The van der Waals surface area contributed by atoms with Crippen LogP contribution in [0.15, 0.2) is 64.9 Å². The molecule has 1 aliphatic carbocycles. The third-order valence-electron chi connectivity index (χ3n) is 5.78. The van der Waals surface area contributed by atoms with Crippen LogP contribution in [0, 0.1) is 5.82 Å². The van der Waals surface area contributed by atoms with E-state index in [2.05, 4.69) is 22.8 Å². The fraction of sp³-hybridized carbons (Fsp3) is 0.304. The van der Waals surface area contributed by atoms with Gasteiger partial charge in [-0.1, -0.05) is 35.9 Å². The number of hydrogen-bond acceptors (Lipinski definition) is 5. The molecule has 0 spiro atoms. The Balaban J connectivity index is 1.52. The van der Waals surface area contributed by atoms with Gasteiger partial charge in [0.1, 0.15) is 17.7 Å². The predicted molar refractivity (Wildman–Crippen MR) is 115 cm³/mol. The molecule has 2 aliphatic rings. The second-order valence-corrected chi connectivity index (χ2v) is 8.25. The van der Waals surface area contributed by atoms with Gasteiger partial charge >= 0.3 is 0 Å². The molecule has 1 saturated heterocycles. The number of Topliss-reactive ketones (excluding diaryl/α,β-unsaturated/α-hetero) is 1. The van der Waals surface area contributed by atoms with Crippen molar-refractivity contribution >= 4 is 23.6 Å². The van der Waals surface area contributed by atoms with E-state index in [1.54, 1.807) is 12.1 Å². The van der Waals surface area contributed by atoms with Gasteiger partial charge in [-0.15, -0.1) is 0 Å². The minimum absolute atomic E-state index is 0.0198. The fourth-order valence-electron chi connectivity index (χ4n) is 4.14. The van der Waals surface area contributed by atoms with Gasteiger partial charge in [0, 0.05) is 36.0 Å². The number of benzene rings is 2. The van der Waals surface area contributed by atoms with Crippen LogP contribution in [-0.4, -0.2) is 29.3 Å². The number of nitrogens with zero attached hydrogens (tertiary/aromatic N) is 1. The molecule has 0 bridgehead atoms. The summed E-state index contributed by atoms with van der Waals surface area (Å²) in [5.74, 6) is -0.587. The number of allylic oxidation sites excluding steroid dienone is 2. The maximum absolute atomic E-state index is 13.2. The summed E-state index contributed by atoms with van der Waals surface area (Å²) in [6.45, 7) is 2.05. The smallest absolute Gasteiger partial charge is 0.168 e. The zero-order valence-corrected chi connectivity index (χ0v) is 17.2. The van der Waals surface area contributed by atoms with Crippen molar-refractivity contribution in [1.29, 1.82) is 0 Å². The molecular weight excluding hydrogens is 405 g/mol. The van der Waals surface area contributed by atoms with E-state index in [-0.39, 0.29) is 53.4 Å². The van der Waals surface area contributed by atoms with Crippen LogP contribution in [0.4, 0.5) is 4.39 Å². The van der Waals surface area contributed by atoms with Crippen molar-refractivity contribution in [2.75, 3.05) is 0 Å². The predicted octanol–water partition coefficient (Wildman–Crippen LogP) is 4.41. The topological polar surface area (TPSA) is 73.7 Å². The normalized spacial score (nSPS) is 27.2. The van der Waals surface area contributed by atoms with Crippen molar-refractivity contribution in [3.8, 4) is 0 Å². The van der Waals surface area contributed by atoms with Gasteiger partial charge in [0.15, 0.2) is 5.78 Å². The van der Waals surface area contributed by atoms with Crippen LogP contribution >= 0.6 is 11.6 Å². The summed E-state index contributed by atoms with van der Waals surface area (Å²) in [5.41, 5.74) is 8.49. The minimum Gasteiger partial charge on any atom is -0.511 e. The van der Waals surface area contributed by atoms with Gasteiger partial charge in [0.05, 0.1) is 5.57 Å². The number of hydrazine groups is 1. The Labute approximate surface area is 179 Å². The summed E-state index contributed by atoms with van der Waals surface area (Å²) >= 11 is 6.00. The molecule has 3 N–H and O–H groups in total. The first-order chi connectivity index (χ1) is 14.4. The summed E-state index contributed by atoms with van der Waals surface area (Å²) in [6.07, 6.45) is 1.76. The van der Waals surface area contributed by atoms with E-state index >= 15 is 0 Å². The lowest BCUT2D eigenvalue weighted by Crippen LogP contribution is -2.31. The van der Waals surface area contributed by atoms with E-state index < -0.39 is 0 Å². The highest BCUT2D eigenvalue weighted by atomic mass is 35.5. The SMILES string of the molecule is CC1NNC(/N=C/C2=C(O)CC(c3ccc(F)cc3)CC2=O)C1c1ccc(Cl)cc1. The Morgan fingerprint density at radius 1 is 1.07 bits per heavy atom. The molecule has 0 saturated carbocycles. The summed E-state index contributed by atoms with van der Waals surface area (Å²) in [7, 11) is 0. The first-order valence-electron chi connectivity index (χ1n) is 9.93. The Hall–Kier alpha value is -2.54. The molecule has 156 valence electrons. The summed E-state index contributed by atoms with van der Waals surface area (Å²) in [4.78, 5) is 17.2. The number of carbonyl (C=O) groups is 1. The lowest BCUT2D eigenvalue weighted by molar-refractivity contribution is -0.116. The zero-order chi connectivity index (χ0) is 21.3. The molecule has 30 heavy (non-hydrogen) atoms. The van der Waals surface area contributed by atoms with Crippen LogP contribution in [-0.2, 0) is 4.79 Å². The standard InChI is InChI=1S/C23H23ClFN3O2/c1-13-22(15-2-6-17(24)7-3-15)23(28-27-13)26-12-19-20(29)10-16(11-21(19)30)14-4-8-18(25)9-5-14/h2-9,12-13,16,22-23,27-29H,10-11H2,1H3/b26-12+. The Morgan fingerprint density at radius 2 is 1.73 bits per heavy atom. The van der Waals surface area contributed by atoms with Gasteiger partial charge in [-0.3, -0.25) is 15.2 Å². The third kappa shape index (κ3) is 4.31. The highest BCUT2D eigenvalue weighted by Gasteiger charge is 2.34. The number of carbonyl (C=O) groups excluding carboxylic acids is 1. The minimum atomic E-state index is -0.324. The fourth-order valence-corrected chi connectivity index (χ4v) is 4.26. The summed E-state index contributed by atoms with van der Waals surface area (Å²) < 4.78 is 13.2. The maximum Gasteiger partial charge on any atom is 0.168 e. The van der Waals surface area contributed by atoms with Gasteiger partial charge in [-0.2, -0.15) is 0 Å². The molecule has 1 heterocycles. The Kier molecular flexibility index (Phi) is 5.99. The van der Waals surface area contributed by atoms with Crippen LogP contribution in [0.5, 0.6) is 0 Å². The van der Waals surface area contributed by atoms with E-state index in [1.807, 2.05) is 24.3 Å². The van der Waals surface area contributed by atoms with Crippen molar-refractivity contribution in [1.82, 2.24) is 10.9 Å². The highest BCUT2D eigenvalue weighted by molar-refractivity contribution is 6.30. The molecule has 5 nitrogen and oxygen atoms in total. The van der Waals surface area contributed by atoms with Gasteiger partial charge in [0.2, 0.25) is 0 Å². The van der Waals surface area contributed by atoms with Crippen molar-refractivity contribution in [3.63, 3.8) is 0 Å². The molecule has 4 unspecified atom stereocenters. The monoisotopic (exact) mass is 427 g/mol. The molecule has 7 heteroatoms. The summed E-state index contributed by atoms with van der Waals surface area (Å²) in [6, 6.07) is 13.8. The molecule has 0 aromatic heterocycles. The average molecular weight is 428 g/mol. The lowest BCUT2D eigenvalue weighted by atomic mass is 9.83.